The van der Waals surface area contributed by atoms with Gasteiger partial charge >= 0.3 is 0 Å². The molecule has 2 rings (SSSR count). The molecule has 21 heavy (non-hydrogen) atoms. The highest BCUT2D eigenvalue weighted by Crippen LogP contribution is 2.21. The first-order valence-electron chi connectivity index (χ1n) is 6.40. The summed E-state index contributed by atoms with van der Waals surface area (Å²) in [5.41, 5.74) is 0.504. The summed E-state index contributed by atoms with van der Waals surface area (Å²) in [7, 11) is 0. The van der Waals surface area contributed by atoms with Gasteiger partial charge in [0.15, 0.2) is 0 Å². The average molecular weight is 292 g/mol. The van der Waals surface area contributed by atoms with Crippen LogP contribution in [0.2, 0.25) is 0 Å². The fourth-order valence-electron chi connectivity index (χ4n) is 2.09. The van der Waals surface area contributed by atoms with Crippen LogP contribution in [0.4, 0.5) is 20.2 Å². The first kappa shape index (κ1) is 14.9. The summed E-state index contributed by atoms with van der Waals surface area (Å²) in [6.07, 6.45) is 0.386. The Balaban J connectivity index is 2.11. The number of hydrogen-bond acceptors (Lipinski definition) is 3. The number of hydrogen-bond donors (Lipinski definition) is 1. The Morgan fingerprint density at radius 3 is 2.62 bits per heavy atom. The van der Waals surface area contributed by atoms with Gasteiger partial charge in [-0.25, -0.2) is 8.78 Å². The Hall–Kier alpha value is -2.50. The van der Waals surface area contributed by atoms with Gasteiger partial charge in [0.05, 0.1) is 11.0 Å². The van der Waals surface area contributed by atoms with E-state index in [4.69, 9.17) is 0 Å². The summed E-state index contributed by atoms with van der Waals surface area (Å²) in [6, 6.07) is 9.45. The molecular weight excluding hydrogens is 278 g/mol. The summed E-state index contributed by atoms with van der Waals surface area (Å²) in [5, 5.41) is 13.6. The van der Waals surface area contributed by atoms with E-state index in [1.54, 1.807) is 25.1 Å². The van der Waals surface area contributed by atoms with Gasteiger partial charge in [0.2, 0.25) is 0 Å². The van der Waals surface area contributed by atoms with Crippen LogP contribution in [-0.4, -0.2) is 11.0 Å². The molecule has 0 heterocycles. The fourth-order valence-corrected chi connectivity index (χ4v) is 2.09. The van der Waals surface area contributed by atoms with Crippen LogP contribution >= 0.6 is 0 Å². The van der Waals surface area contributed by atoms with Crippen LogP contribution in [0.1, 0.15) is 12.5 Å². The van der Waals surface area contributed by atoms with Gasteiger partial charge in [-0.1, -0.05) is 18.2 Å². The van der Waals surface area contributed by atoms with Crippen LogP contribution in [0.15, 0.2) is 42.5 Å². The Morgan fingerprint density at radius 2 is 1.95 bits per heavy atom. The summed E-state index contributed by atoms with van der Waals surface area (Å²) < 4.78 is 26.9. The minimum atomic E-state index is -0.690. The predicted molar refractivity (Wildman–Crippen MR) is 76.2 cm³/mol. The Kier molecular flexibility index (Phi) is 4.47. The van der Waals surface area contributed by atoms with Crippen LogP contribution in [0, 0.1) is 21.7 Å². The van der Waals surface area contributed by atoms with E-state index in [-0.39, 0.29) is 17.5 Å². The number of rotatable bonds is 5. The van der Waals surface area contributed by atoms with Gasteiger partial charge in [-0.15, -0.1) is 0 Å². The third kappa shape index (κ3) is 3.98. The Labute approximate surface area is 120 Å². The highest BCUT2D eigenvalue weighted by molar-refractivity contribution is 5.52. The molecular formula is C15H14F2N2O2. The number of halogens is 2. The first-order chi connectivity index (χ1) is 9.95. The van der Waals surface area contributed by atoms with E-state index in [1.165, 1.54) is 18.2 Å². The maximum atomic E-state index is 13.5. The number of benzene rings is 2. The molecule has 1 N–H and O–H groups in total. The van der Waals surface area contributed by atoms with Crippen LogP contribution in [0.3, 0.4) is 0 Å². The van der Waals surface area contributed by atoms with Crippen molar-refractivity contribution in [3.05, 3.63) is 69.8 Å². The second-order valence-corrected chi connectivity index (χ2v) is 4.80. The maximum Gasteiger partial charge on any atom is 0.274 e. The zero-order valence-corrected chi connectivity index (χ0v) is 11.3. The second kappa shape index (κ2) is 6.30. The molecule has 0 fully saturated rings. The number of non-ortho nitro benzene ring substituents is 1. The van der Waals surface area contributed by atoms with Gasteiger partial charge in [-0.3, -0.25) is 10.1 Å². The molecule has 0 bridgehead atoms. The van der Waals surface area contributed by atoms with Gasteiger partial charge in [-0.05, 0) is 31.0 Å². The Morgan fingerprint density at radius 1 is 1.24 bits per heavy atom. The van der Waals surface area contributed by atoms with E-state index in [2.05, 4.69) is 5.32 Å². The van der Waals surface area contributed by atoms with E-state index in [1.807, 2.05) is 0 Å². The monoisotopic (exact) mass is 292 g/mol. The molecule has 2 aromatic rings. The van der Waals surface area contributed by atoms with Crippen molar-refractivity contribution in [1.82, 2.24) is 0 Å². The van der Waals surface area contributed by atoms with Crippen molar-refractivity contribution in [1.29, 1.82) is 0 Å². The molecule has 4 nitrogen and oxygen atoms in total. The van der Waals surface area contributed by atoms with Crippen molar-refractivity contribution < 1.29 is 13.7 Å². The molecule has 0 radical (unpaired) electrons. The quantitative estimate of drug-likeness (QED) is 0.671. The second-order valence-electron chi connectivity index (χ2n) is 4.80. The molecule has 0 aromatic heterocycles. The normalized spacial score (nSPS) is 12.0. The average Bonchev–Trinajstić information content (AvgIpc) is 2.40. The number of nitro benzene ring substituents is 1. The van der Waals surface area contributed by atoms with Gasteiger partial charge < -0.3 is 5.32 Å². The molecule has 0 spiro atoms. The molecule has 0 saturated heterocycles. The highest BCUT2D eigenvalue weighted by Gasteiger charge is 2.12. The van der Waals surface area contributed by atoms with Crippen LogP contribution < -0.4 is 5.32 Å². The smallest absolute Gasteiger partial charge is 0.274 e. The van der Waals surface area contributed by atoms with Crippen LogP contribution in [0.25, 0.3) is 0 Å². The minimum absolute atomic E-state index is 0.205. The summed E-state index contributed by atoms with van der Waals surface area (Å²) in [6.45, 7) is 1.79. The van der Waals surface area contributed by atoms with Gasteiger partial charge in [-0.2, -0.15) is 0 Å². The molecule has 1 unspecified atom stereocenters. The highest BCUT2D eigenvalue weighted by atomic mass is 19.1. The molecule has 0 aliphatic heterocycles. The minimum Gasteiger partial charge on any atom is -0.382 e. The molecule has 0 aliphatic rings. The third-order valence-electron chi connectivity index (χ3n) is 2.99. The number of nitro groups is 1. The first-order valence-corrected chi connectivity index (χ1v) is 6.40. The zero-order valence-electron chi connectivity index (χ0n) is 11.3. The summed E-state index contributed by atoms with van der Waals surface area (Å²) >= 11 is 0. The molecule has 6 heteroatoms. The molecule has 110 valence electrons. The van der Waals surface area contributed by atoms with Crippen molar-refractivity contribution in [2.75, 3.05) is 5.32 Å². The van der Waals surface area contributed by atoms with E-state index in [9.17, 15) is 18.9 Å². The lowest BCUT2D eigenvalue weighted by Crippen LogP contribution is -2.19. The van der Waals surface area contributed by atoms with Gasteiger partial charge in [0.25, 0.3) is 5.69 Å². The lowest BCUT2D eigenvalue weighted by Gasteiger charge is -2.15. The predicted octanol–water partition coefficient (Wildman–Crippen LogP) is 3.92. The number of anilines is 1. The van der Waals surface area contributed by atoms with Crippen molar-refractivity contribution in [3.63, 3.8) is 0 Å². The van der Waals surface area contributed by atoms with Crippen molar-refractivity contribution >= 4 is 11.4 Å². The Bertz CT molecular complexity index is 662. The molecule has 2 aromatic carbocycles. The van der Waals surface area contributed by atoms with E-state index in [0.717, 1.165) is 6.07 Å². The lowest BCUT2D eigenvalue weighted by molar-refractivity contribution is -0.385. The zero-order chi connectivity index (χ0) is 15.4. The lowest BCUT2D eigenvalue weighted by atomic mass is 10.1. The summed E-state index contributed by atoms with van der Waals surface area (Å²) in [4.78, 5) is 10.0. The van der Waals surface area contributed by atoms with Crippen LogP contribution in [0.5, 0.6) is 0 Å². The largest absolute Gasteiger partial charge is 0.382 e. The molecule has 0 saturated carbocycles. The van der Waals surface area contributed by atoms with E-state index in [0.29, 0.717) is 17.7 Å². The van der Waals surface area contributed by atoms with E-state index < -0.39 is 10.7 Å². The molecule has 1 atom stereocenters. The maximum absolute atomic E-state index is 13.5. The van der Waals surface area contributed by atoms with Crippen LogP contribution in [-0.2, 0) is 6.42 Å². The summed E-state index contributed by atoms with van der Waals surface area (Å²) in [5.74, 6) is -0.999. The topological polar surface area (TPSA) is 55.2 Å². The third-order valence-corrected chi connectivity index (χ3v) is 2.99. The molecule has 0 amide bonds. The van der Waals surface area contributed by atoms with E-state index >= 15 is 0 Å². The van der Waals surface area contributed by atoms with Crippen molar-refractivity contribution in [2.24, 2.45) is 0 Å². The van der Waals surface area contributed by atoms with Crippen molar-refractivity contribution in [2.45, 2.75) is 19.4 Å². The van der Waals surface area contributed by atoms with Gasteiger partial charge in [0.1, 0.15) is 11.6 Å². The number of nitrogens with one attached hydrogen (secondary N) is 1. The van der Waals surface area contributed by atoms with Crippen molar-refractivity contribution in [3.8, 4) is 0 Å². The standard InChI is InChI=1S/C15H14F2N2O2/c1-10(6-11-4-2-3-5-15(11)17)18-13-7-12(16)8-14(9-13)19(20)21/h2-5,7-10,18H,6H2,1H3. The number of nitrogens with zero attached hydrogens (tertiary/aromatic N) is 1. The molecule has 0 aliphatic carbocycles. The van der Waals surface area contributed by atoms with Gasteiger partial charge in [0, 0.05) is 17.8 Å². The SMILES string of the molecule is CC(Cc1ccccc1F)Nc1cc(F)cc([N+](=O)[O-])c1. The fraction of sp³-hybridized carbons (Fsp3) is 0.200.